The van der Waals surface area contributed by atoms with Crippen LogP contribution in [0.1, 0.15) is 18.5 Å². The third kappa shape index (κ3) is 4.57. The number of fused-ring (bicyclic) bond motifs is 1. The Kier molecular flexibility index (Phi) is 6.10. The SMILES string of the molecule is COc1ccc(NC(=O)[C@@H]2CCCN(c3nc4ccccc4nc3C(F)(F)F)C2)cc1Cl. The maximum absolute atomic E-state index is 13.7. The lowest BCUT2D eigenvalue weighted by molar-refractivity contribution is -0.140. The fourth-order valence-electron chi connectivity index (χ4n) is 3.77. The molecule has 0 unspecified atom stereocenters. The van der Waals surface area contributed by atoms with Gasteiger partial charge in [-0.25, -0.2) is 9.97 Å². The molecule has 1 aromatic heterocycles. The van der Waals surface area contributed by atoms with Gasteiger partial charge in [0.25, 0.3) is 0 Å². The number of nitrogens with one attached hydrogen (secondary N) is 1. The summed E-state index contributed by atoms with van der Waals surface area (Å²) in [5, 5.41) is 3.13. The number of nitrogens with zero attached hydrogens (tertiary/aromatic N) is 3. The highest BCUT2D eigenvalue weighted by Crippen LogP contribution is 2.37. The molecule has 1 saturated heterocycles. The molecule has 3 aromatic rings. The van der Waals surface area contributed by atoms with Crippen molar-refractivity contribution in [1.29, 1.82) is 0 Å². The summed E-state index contributed by atoms with van der Waals surface area (Å²) in [6.07, 6.45) is -3.57. The summed E-state index contributed by atoms with van der Waals surface area (Å²) < 4.78 is 46.3. The number of piperidine rings is 1. The molecule has 2 heterocycles. The lowest BCUT2D eigenvalue weighted by Crippen LogP contribution is -2.42. The predicted octanol–water partition coefficient (Wildman–Crippen LogP) is 5.17. The first-order chi connectivity index (χ1) is 15.3. The highest BCUT2D eigenvalue weighted by atomic mass is 35.5. The molecule has 0 radical (unpaired) electrons. The molecule has 6 nitrogen and oxygen atoms in total. The van der Waals surface area contributed by atoms with Gasteiger partial charge in [0.2, 0.25) is 5.91 Å². The van der Waals surface area contributed by atoms with Crippen molar-refractivity contribution >= 4 is 40.0 Å². The number of amides is 1. The first-order valence-electron chi connectivity index (χ1n) is 9.99. The van der Waals surface area contributed by atoms with Gasteiger partial charge in [-0.2, -0.15) is 13.2 Å². The molecular weight excluding hydrogens is 445 g/mol. The van der Waals surface area contributed by atoms with Gasteiger partial charge in [-0.05, 0) is 43.2 Å². The topological polar surface area (TPSA) is 67.3 Å². The first-order valence-corrected chi connectivity index (χ1v) is 10.4. The number of carbonyl (C=O) groups excluding carboxylic acids is 1. The average molecular weight is 465 g/mol. The van der Waals surface area contributed by atoms with E-state index in [1.165, 1.54) is 18.1 Å². The van der Waals surface area contributed by atoms with Crippen LogP contribution in [0, 0.1) is 5.92 Å². The number of methoxy groups -OCH3 is 1. The molecule has 168 valence electrons. The summed E-state index contributed by atoms with van der Waals surface area (Å²) in [5.41, 5.74) is -0.0141. The van der Waals surface area contributed by atoms with E-state index in [-0.39, 0.29) is 23.8 Å². The van der Waals surface area contributed by atoms with Crippen LogP contribution in [0.4, 0.5) is 24.7 Å². The predicted molar refractivity (Wildman–Crippen MR) is 116 cm³/mol. The number of hydrogen-bond acceptors (Lipinski definition) is 5. The highest BCUT2D eigenvalue weighted by Gasteiger charge is 2.40. The zero-order chi connectivity index (χ0) is 22.9. The molecule has 0 bridgehead atoms. The van der Waals surface area contributed by atoms with Gasteiger partial charge in [-0.3, -0.25) is 4.79 Å². The van der Waals surface area contributed by atoms with Crippen molar-refractivity contribution in [2.75, 3.05) is 30.4 Å². The minimum atomic E-state index is -4.67. The maximum Gasteiger partial charge on any atom is 0.437 e. The van der Waals surface area contributed by atoms with Gasteiger partial charge >= 0.3 is 6.18 Å². The molecule has 4 rings (SSSR count). The van der Waals surface area contributed by atoms with Crippen LogP contribution < -0.4 is 15.0 Å². The molecule has 1 amide bonds. The van der Waals surface area contributed by atoms with Crippen molar-refractivity contribution in [2.45, 2.75) is 19.0 Å². The number of halogens is 4. The molecule has 32 heavy (non-hydrogen) atoms. The Balaban J connectivity index is 1.58. The second-order valence-electron chi connectivity index (χ2n) is 7.51. The molecule has 1 fully saturated rings. The van der Waals surface area contributed by atoms with Crippen molar-refractivity contribution in [2.24, 2.45) is 5.92 Å². The monoisotopic (exact) mass is 464 g/mol. The largest absolute Gasteiger partial charge is 0.495 e. The van der Waals surface area contributed by atoms with Crippen molar-refractivity contribution in [3.05, 3.63) is 53.2 Å². The second kappa shape index (κ2) is 8.82. The summed E-state index contributed by atoms with van der Waals surface area (Å²) in [4.78, 5) is 22.4. The van der Waals surface area contributed by atoms with Crippen LogP contribution >= 0.6 is 11.6 Å². The van der Waals surface area contributed by atoms with E-state index in [2.05, 4.69) is 15.3 Å². The van der Waals surface area contributed by atoms with Crippen LogP contribution in [0.2, 0.25) is 5.02 Å². The van der Waals surface area contributed by atoms with E-state index in [9.17, 15) is 18.0 Å². The third-order valence-electron chi connectivity index (χ3n) is 5.33. The number of ether oxygens (including phenoxy) is 1. The van der Waals surface area contributed by atoms with E-state index in [1.54, 1.807) is 36.4 Å². The summed E-state index contributed by atoms with van der Waals surface area (Å²) in [6, 6.07) is 11.3. The summed E-state index contributed by atoms with van der Waals surface area (Å²) in [7, 11) is 1.49. The summed E-state index contributed by atoms with van der Waals surface area (Å²) in [6.45, 7) is 0.458. The zero-order valence-electron chi connectivity index (χ0n) is 17.1. The van der Waals surface area contributed by atoms with Crippen molar-refractivity contribution in [3.63, 3.8) is 0 Å². The molecule has 0 saturated carbocycles. The van der Waals surface area contributed by atoms with Crippen LogP contribution in [0.3, 0.4) is 0 Å². The van der Waals surface area contributed by atoms with Gasteiger partial charge < -0.3 is 15.0 Å². The Hall–Kier alpha value is -3.07. The van der Waals surface area contributed by atoms with E-state index in [4.69, 9.17) is 16.3 Å². The number of carbonyl (C=O) groups is 1. The fourth-order valence-corrected chi connectivity index (χ4v) is 4.03. The molecule has 1 atom stereocenters. The van der Waals surface area contributed by atoms with E-state index >= 15 is 0 Å². The van der Waals surface area contributed by atoms with E-state index in [0.29, 0.717) is 41.4 Å². The number of rotatable bonds is 4. The Labute approximate surface area is 187 Å². The third-order valence-corrected chi connectivity index (χ3v) is 5.63. The smallest absolute Gasteiger partial charge is 0.437 e. The number of benzene rings is 2. The van der Waals surface area contributed by atoms with Crippen molar-refractivity contribution in [3.8, 4) is 5.75 Å². The summed E-state index contributed by atoms with van der Waals surface area (Å²) in [5.74, 6) is -0.582. The highest BCUT2D eigenvalue weighted by molar-refractivity contribution is 6.32. The van der Waals surface area contributed by atoms with E-state index < -0.39 is 17.8 Å². The molecule has 2 aromatic carbocycles. The number of hydrogen-bond donors (Lipinski definition) is 1. The molecule has 1 aliphatic heterocycles. The van der Waals surface area contributed by atoms with E-state index in [1.807, 2.05) is 0 Å². The van der Waals surface area contributed by atoms with E-state index in [0.717, 1.165) is 0 Å². The standard InChI is InChI=1S/C22H20ClF3N4O2/c1-32-18-9-8-14(11-15(18)23)27-21(31)13-5-4-10-30(12-13)20-19(22(24,25)26)28-16-6-2-3-7-17(16)29-20/h2-3,6-9,11,13H,4-5,10,12H2,1H3,(H,27,31)/t13-/m1/s1. The molecule has 1 N–H and O–H groups in total. The fraction of sp³-hybridized carbons (Fsp3) is 0.318. The maximum atomic E-state index is 13.7. The lowest BCUT2D eigenvalue weighted by Gasteiger charge is -2.34. The van der Waals surface area contributed by atoms with Crippen LogP contribution in [-0.2, 0) is 11.0 Å². The number of anilines is 2. The van der Waals surface area contributed by atoms with Crippen molar-refractivity contribution < 1.29 is 22.7 Å². The Morgan fingerprint density at radius 2 is 1.91 bits per heavy atom. The van der Waals surface area contributed by atoms with Gasteiger partial charge in [0.1, 0.15) is 5.75 Å². The summed E-state index contributed by atoms with van der Waals surface area (Å²) >= 11 is 6.10. The first kappa shape index (κ1) is 22.1. The Bertz CT molecular complexity index is 1160. The van der Waals surface area contributed by atoms with Gasteiger partial charge in [-0.1, -0.05) is 23.7 Å². The Morgan fingerprint density at radius 3 is 2.56 bits per heavy atom. The van der Waals surface area contributed by atoms with Crippen molar-refractivity contribution in [1.82, 2.24) is 9.97 Å². The number of para-hydroxylation sites is 2. The molecular formula is C22H20ClF3N4O2. The molecule has 10 heteroatoms. The molecule has 1 aliphatic rings. The van der Waals surface area contributed by atoms with Gasteiger partial charge in [0.15, 0.2) is 11.5 Å². The second-order valence-corrected chi connectivity index (χ2v) is 7.91. The minimum Gasteiger partial charge on any atom is -0.495 e. The van der Waals surface area contributed by atoms with Crippen LogP contribution in [0.25, 0.3) is 11.0 Å². The normalized spacial score (nSPS) is 16.8. The quantitative estimate of drug-likeness (QED) is 0.577. The number of aromatic nitrogens is 2. The number of alkyl halides is 3. The van der Waals surface area contributed by atoms with Crippen LogP contribution in [0.5, 0.6) is 5.75 Å². The van der Waals surface area contributed by atoms with Gasteiger partial charge in [0.05, 0.1) is 29.1 Å². The lowest BCUT2D eigenvalue weighted by atomic mass is 9.96. The average Bonchev–Trinajstić information content (AvgIpc) is 2.78. The van der Waals surface area contributed by atoms with Gasteiger partial charge in [-0.15, -0.1) is 0 Å². The molecule has 0 aliphatic carbocycles. The molecule has 0 spiro atoms. The van der Waals surface area contributed by atoms with Gasteiger partial charge in [0, 0.05) is 18.8 Å². The van der Waals surface area contributed by atoms with Crippen LogP contribution in [-0.4, -0.2) is 36.1 Å². The van der Waals surface area contributed by atoms with Crippen LogP contribution in [0.15, 0.2) is 42.5 Å². The minimum absolute atomic E-state index is 0.103. The Morgan fingerprint density at radius 1 is 1.19 bits per heavy atom. The zero-order valence-corrected chi connectivity index (χ0v) is 17.9.